The maximum atomic E-state index is 13.7. The van der Waals surface area contributed by atoms with E-state index in [4.69, 9.17) is 16.3 Å². The summed E-state index contributed by atoms with van der Waals surface area (Å²) in [4.78, 5) is 28.6. The highest BCUT2D eigenvalue weighted by Gasteiger charge is 2.41. The SMILES string of the molecule is CN(C)CCN1C(C(=O)c2ccccc2)=C(OC(=O)c2ccc(Cl)cc2)c2ccccc2S1(=O)=O. The molecular formula is C26H23ClN2O5S. The third-order valence-corrected chi connectivity index (χ3v) is 7.55. The van der Waals surface area contributed by atoms with Crippen LogP contribution >= 0.6 is 11.6 Å². The number of hydrogen-bond acceptors (Lipinski definition) is 6. The Bertz CT molecular complexity index is 1400. The summed E-state index contributed by atoms with van der Waals surface area (Å²) >= 11 is 5.94. The van der Waals surface area contributed by atoms with Crippen molar-refractivity contribution in [1.82, 2.24) is 9.21 Å². The summed E-state index contributed by atoms with van der Waals surface area (Å²) in [6, 6.07) is 20.6. The van der Waals surface area contributed by atoms with Crippen molar-refractivity contribution in [3.05, 3.63) is 106 Å². The zero-order chi connectivity index (χ0) is 25.2. The predicted octanol–water partition coefficient (Wildman–Crippen LogP) is 4.31. The van der Waals surface area contributed by atoms with Gasteiger partial charge >= 0.3 is 5.97 Å². The molecule has 0 atom stereocenters. The van der Waals surface area contributed by atoms with Crippen molar-refractivity contribution in [2.45, 2.75) is 4.90 Å². The maximum absolute atomic E-state index is 13.7. The number of carbonyl (C=O) groups is 2. The zero-order valence-corrected chi connectivity index (χ0v) is 20.7. The molecule has 180 valence electrons. The minimum atomic E-state index is -4.10. The Labute approximate surface area is 209 Å². The number of halogens is 1. The molecule has 35 heavy (non-hydrogen) atoms. The molecule has 0 unspecified atom stereocenters. The standard InChI is InChI=1S/C26H23ClN2O5S/c1-28(2)16-17-29-23(24(30)18-8-4-3-5-9-18)25(21-10-6-7-11-22(21)35(29,32)33)34-26(31)19-12-14-20(27)15-13-19/h3-15H,16-17H2,1-2H3. The van der Waals surface area contributed by atoms with Crippen LogP contribution in [0.15, 0.2) is 89.5 Å². The van der Waals surface area contributed by atoms with E-state index in [0.717, 1.165) is 4.31 Å². The second kappa shape index (κ2) is 10.0. The smallest absolute Gasteiger partial charge is 0.343 e. The van der Waals surface area contributed by atoms with Crippen molar-refractivity contribution in [1.29, 1.82) is 0 Å². The van der Waals surface area contributed by atoms with Gasteiger partial charge in [-0.3, -0.25) is 9.10 Å². The molecule has 0 amide bonds. The topological polar surface area (TPSA) is 84.0 Å². The van der Waals surface area contributed by atoms with Crippen LogP contribution in [0.2, 0.25) is 5.02 Å². The lowest BCUT2D eigenvalue weighted by atomic mass is 10.0. The van der Waals surface area contributed by atoms with Gasteiger partial charge < -0.3 is 9.64 Å². The van der Waals surface area contributed by atoms with Crippen molar-refractivity contribution >= 4 is 39.1 Å². The van der Waals surface area contributed by atoms with E-state index in [1.807, 2.05) is 0 Å². The quantitative estimate of drug-likeness (QED) is 0.348. The Kier molecular flexibility index (Phi) is 7.07. The Morgan fingerprint density at radius 2 is 1.51 bits per heavy atom. The van der Waals surface area contributed by atoms with E-state index >= 15 is 0 Å². The molecule has 0 bridgehead atoms. The number of hydrogen-bond donors (Lipinski definition) is 0. The monoisotopic (exact) mass is 510 g/mol. The first kappa shape index (κ1) is 24.7. The molecular weight excluding hydrogens is 488 g/mol. The Hall–Kier alpha value is -3.46. The van der Waals surface area contributed by atoms with Crippen LogP contribution in [0, 0.1) is 0 Å². The predicted molar refractivity (Wildman–Crippen MR) is 133 cm³/mol. The molecule has 1 aliphatic heterocycles. The summed E-state index contributed by atoms with van der Waals surface area (Å²) in [5.74, 6) is -1.42. The molecule has 9 heteroatoms. The van der Waals surface area contributed by atoms with Gasteiger partial charge in [0.2, 0.25) is 5.78 Å². The van der Waals surface area contributed by atoms with E-state index in [1.165, 1.54) is 24.3 Å². The van der Waals surface area contributed by atoms with Crippen molar-refractivity contribution in [3.63, 3.8) is 0 Å². The van der Waals surface area contributed by atoms with E-state index < -0.39 is 21.8 Å². The average molecular weight is 511 g/mol. The first-order valence-electron chi connectivity index (χ1n) is 10.8. The second-order valence-electron chi connectivity index (χ2n) is 8.15. The highest BCUT2D eigenvalue weighted by Crippen LogP contribution is 2.39. The zero-order valence-electron chi connectivity index (χ0n) is 19.1. The third kappa shape index (κ3) is 5.00. The number of nitrogens with zero attached hydrogens (tertiary/aromatic N) is 2. The van der Waals surface area contributed by atoms with Crippen LogP contribution in [0.25, 0.3) is 5.76 Å². The number of benzene rings is 3. The number of ether oxygens (including phenoxy) is 1. The van der Waals surface area contributed by atoms with Gasteiger partial charge in [0.1, 0.15) is 5.70 Å². The molecule has 3 aromatic carbocycles. The second-order valence-corrected chi connectivity index (χ2v) is 10.4. The molecule has 0 saturated heterocycles. The Morgan fingerprint density at radius 1 is 0.886 bits per heavy atom. The van der Waals surface area contributed by atoms with Crippen molar-refractivity contribution in [2.24, 2.45) is 0 Å². The largest absolute Gasteiger partial charge is 0.420 e. The fourth-order valence-corrected chi connectivity index (χ4v) is 5.45. The minimum absolute atomic E-state index is 0.0143. The van der Waals surface area contributed by atoms with E-state index in [9.17, 15) is 18.0 Å². The summed E-state index contributed by atoms with van der Waals surface area (Å²) < 4.78 is 34.2. The number of fused-ring (bicyclic) bond motifs is 1. The van der Waals surface area contributed by atoms with Crippen LogP contribution in [-0.4, -0.2) is 56.6 Å². The number of likely N-dealkylation sites (N-methyl/N-ethyl adjacent to an activating group) is 1. The lowest BCUT2D eigenvalue weighted by Crippen LogP contribution is -2.42. The minimum Gasteiger partial charge on any atom is -0.420 e. The summed E-state index contributed by atoms with van der Waals surface area (Å²) in [6.07, 6.45) is 0. The number of allylic oxidation sites excluding steroid dienone is 1. The van der Waals surface area contributed by atoms with Gasteiger partial charge in [0, 0.05) is 29.2 Å². The molecule has 0 spiro atoms. The van der Waals surface area contributed by atoms with Gasteiger partial charge in [-0.25, -0.2) is 13.2 Å². The van der Waals surface area contributed by atoms with E-state index in [0.29, 0.717) is 11.6 Å². The van der Waals surface area contributed by atoms with Crippen LogP contribution < -0.4 is 0 Å². The van der Waals surface area contributed by atoms with E-state index in [2.05, 4.69) is 0 Å². The molecule has 0 saturated carbocycles. The molecule has 1 aliphatic rings. The van der Waals surface area contributed by atoms with Crippen LogP contribution in [0.3, 0.4) is 0 Å². The number of esters is 1. The average Bonchev–Trinajstić information content (AvgIpc) is 2.85. The number of carbonyl (C=O) groups excluding carboxylic acids is 2. The normalized spacial score (nSPS) is 14.6. The highest BCUT2D eigenvalue weighted by atomic mass is 35.5. The molecule has 1 heterocycles. The Balaban J connectivity index is 1.94. The molecule has 3 aromatic rings. The van der Waals surface area contributed by atoms with Crippen LogP contribution in [0.5, 0.6) is 0 Å². The van der Waals surface area contributed by atoms with Crippen LogP contribution in [-0.2, 0) is 14.8 Å². The van der Waals surface area contributed by atoms with Crippen LogP contribution in [0.4, 0.5) is 0 Å². The fraction of sp³-hybridized carbons (Fsp3) is 0.154. The number of rotatable bonds is 7. The third-order valence-electron chi connectivity index (χ3n) is 5.44. The molecule has 4 rings (SSSR count). The summed E-state index contributed by atoms with van der Waals surface area (Å²) in [5, 5.41) is 0.449. The number of Topliss-reactive ketones (excluding diaryl/α,β-unsaturated/α-hetero) is 1. The summed E-state index contributed by atoms with van der Waals surface area (Å²) in [5.41, 5.74) is 0.417. The summed E-state index contributed by atoms with van der Waals surface area (Å²) in [6.45, 7) is 0.324. The van der Waals surface area contributed by atoms with E-state index in [-0.39, 0.29) is 39.6 Å². The Morgan fingerprint density at radius 3 is 2.17 bits per heavy atom. The first-order chi connectivity index (χ1) is 16.7. The highest BCUT2D eigenvalue weighted by molar-refractivity contribution is 7.89. The van der Waals surface area contributed by atoms with Crippen LogP contribution in [0.1, 0.15) is 26.3 Å². The molecule has 0 fully saturated rings. The van der Waals surface area contributed by atoms with Gasteiger partial charge in [-0.1, -0.05) is 54.1 Å². The van der Waals surface area contributed by atoms with E-state index in [1.54, 1.807) is 73.6 Å². The van der Waals surface area contributed by atoms with Crippen molar-refractivity contribution in [3.8, 4) is 0 Å². The fourth-order valence-electron chi connectivity index (χ4n) is 3.67. The van der Waals surface area contributed by atoms with Crippen molar-refractivity contribution < 1.29 is 22.7 Å². The van der Waals surface area contributed by atoms with Gasteiger partial charge in [0.25, 0.3) is 10.0 Å². The molecule has 7 nitrogen and oxygen atoms in total. The van der Waals surface area contributed by atoms with Gasteiger partial charge in [0.05, 0.1) is 10.5 Å². The summed E-state index contributed by atoms with van der Waals surface area (Å²) in [7, 11) is -0.500. The van der Waals surface area contributed by atoms with Gasteiger partial charge in [0.15, 0.2) is 5.76 Å². The number of ketones is 1. The lowest BCUT2D eigenvalue weighted by Gasteiger charge is -2.33. The lowest BCUT2D eigenvalue weighted by molar-refractivity contribution is 0.0685. The van der Waals surface area contributed by atoms with Gasteiger partial charge in [-0.2, -0.15) is 0 Å². The number of sulfonamides is 1. The van der Waals surface area contributed by atoms with Gasteiger partial charge in [-0.15, -0.1) is 0 Å². The molecule has 0 radical (unpaired) electrons. The maximum Gasteiger partial charge on any atom is 0.343 e. The molecule has 0 aliphatic carbocycles. The molecule has 0 N–H and O–H groups in total. The van der Waals surface area contributed by atoms with Gasteiger partial charge in [-0.05, 0) is 50.5 Å². The van der Waals surface area contributed by atoms with Crippen molar-refractivity contribution in [2.75, 3.05) is 27.2 Å². The first-order valence-corrected chi connectivity index (χ1v) is 12.6. The molecule has 0 aromatic heterocycles.